The molecule has 5 heteroatoms. The van der Waals surface area contributed by atoms with Crippen molar-refractivity contribution in [1.82, 2.24) is 0 Å². The number of carboxylic acid groups (broad SMARTS) is 1. The van der Waals surface area contributed by atoms with E-state index in [1.165, 1.54) is 6.92 Å². The van der Waals surface area contributed by atoms with E-state index in [9.17, 15) is 9.90 Å². The van der Waals surface area contributed by atoms with Gasteiger partial charge in [-0.25, -0.2) is 0 Å². The molecule has 0 aliphatic carbocycles. The number of carbonyl (C=O) groups is 1. The molecule has 0 radical (unpaired) electrons. The van der Waals surface area contributed by atoms with Gasteiger partial charge in [-0.05, 0) is 26.3 Å². The third-order valence-electron chi connectivity index (χ3n) is 0.348. The van der Waals surface area contributed by atoms with E-state index in [0.717, 1.165) is 13.1 Å². The lowest BCUT2D eigenvalue weighted by molar-refractivity contribution is -0.362. The van der Waals surface area contributed by atoms with Crippen LogP contribution in [-0.4, -0.2) is 19.1 Å². The minimum Gasteiger partial charge on any atom is -1.00 e. The normalized spacial score (nSPS) is 6.23. The highest BCUT2D eigenvalue weighted by Gasteiger charge is 1.76. The molecule has 0 saturated heterocycles. The largest absolute Gasteiger partial charge is 1.00 e. The fourth-order valence-corrected chi connectivity index (χ4v) is 0. The lowest BCUT2D eigenvalue weighted by atomic mass is 10.4. The molecule has 0 bridgehead atoms. The molecule has 0 aromatic carbocycles. The number of hydrogen-bond donors (Lipinski definition) is 2. The second kappa shape index (κ2) is 22.5. The number of rotatable bonds is 1. The first-order chi connectivity index (χ1) is 5.47. The highest BCUT2D eigenvalue weighted by molar-refractivity contribution is 5.82. The van der Waals surface area contributed by atoms with Gasteiger partial charge in [-0.2, -0.15) is 0 Å². The molecule has 0 fully saturated rings. The number of carboxylic acids is 1. The van der Waals surface area contributed by atoms with Crippen LogP contribution < -0.4 is 29.0 Å². The van der Waals surface area contributed by atoms with Crippen molar-refractivity contribution in [3.8, 4) is 0 Å². The monoisotopic (exact) mass is 212 g/mol. The molecule has 4 nitrogen and oxygen atoms in total. The molecule has 0 rings (SSSR count). The maximum Gasteiger partial charge on any atom is 0.0711 e. The Kier molecular flexibility index (Phi) is 39.6. The number of carbonyl (C=O) groups excluding carboxylic acids is 1. The van der Waals surface area contributed by atoms with Crippen molar-refractivity contribution < 1.29 is 33.8 Å². The van der Waals surface area contributed by atoms with Crippen LogP contribution in [0.1, 0.15) is 20.8 Å². The van der Waals surface area contributed by atoms with Gasteiger partial charge in [0.15, 0.2) is 0 Å². The average Bonchev–Trinajstić information content (AvgIpc) is 1.90. The topological polar surface area (TPSA) is 95.4 Å². The van der Waals surface area contributed by atoms with E-state index in [4.69, 9.17) is 0 Å². The molecule has 6 N–H and O–H groups in total. The van der Waals surface area contributed by atoms with Crippen molar-refractivity contribution in [2.45, 2.75) is 20.8 Å². The Hall–Kier alpha value is -0.580. The zero-order chi connectivity index (χ0) is 10.6. The molecule has 0 aromatic rings. The molecule has 0 aromatic heterocycles. The summed E-state index contributed by atoms with van der Waals surface area (Å²) in [5.74, 6) is -1.19. The molecular formula is C8H21ClN2O2. The van der Waals surface area contributed by atoms with E-state index in [1.807, 2.05) is 13.8 Å². The summed E-state index contributed by atoms with van der Waals surface area (Å²) in [4.78, 5) is 9.49. The summed E-state index contributed by atoms with van der Waals surface area (Å²) in [7, 11) is 0. The standard InChI is InChI=1S/C4H6O2.2C2H7N.ClH/c1-3(2)4(5)6;2*1-2-3;/h1H2,2H3,(H,5,6);2*2-3H2,1H3;1H. The van der Waals surface area contributed by atoms with E-state index in [-0.39, 0.29) is 18.0 Å². The Labute approximate surface area is 86.4 Å². The first kappa shape index (κ1) is 22.8. The van der Waals surface area contributed by atoms with Crippen LogP contribution in [0.15, 0.2) is 12.2 Å². The maximum atomic E-state index is 9.49. The molecule has 0 spiro atoms. The summed E-state index contributed by atoms with van der Waals surface area (Å²) < 4.78 is 0. The lowest BCUT2D eigenvalue weighted by Crippen LogP contribution is -3.00. The Bertz CT molecular complexity index is 105. The van der Waals surface area contributed by atoms with Crippen LogP contribution in [-0.2, 0) is 4.79 Å². The molecule has 13 heavy (non-hydrogen) atoms. The van der Waals surface area contributed by atoms with Crippen molar-refractivity contribution in [1.29, 1.82) is 0 Å². The van der Waals surface area contributed by atoms with E-state index < -0.39 is 5.97 Å². The smallest absolute Gasteiger partial charge is 0.0711 e. The first-order valence-corrected chi connectivity index (χ1v) is 3.93. The van der Waals surface area contributed by atoms with Crippen LogP contribution in [0, 0.1) is 0 Å². The van der Waals surface area contributed by atoms with Crippen LogP contribution in [0.25, 0.3) is 0 Å². The van der Waals surface area contributed by atoms with Crippen LogP contribution in [0.3, 0.4) is 0 Å². The summed E-state index contributed by atoms with van der Waals surface area (Å²) in [5, 5.41) is 9.49. The molecule has 0 unspecified atom stereocenters. The summed E-state index contributed by atoms with van der Waals surface area (Å²) in [6.07, 6.45) is 0. The second-order valence-corrected chi connectivity index (χ2v) is 2.07. The fourth-order valence-electron chi connectivity index (χ4n) is 0. The Morgan fingerprint density at radius 1 is 1.31 bits per heavy atom. The minimum atomic E-state index is -1.19. The molecule has 0 heterocycles. The Balaban J connectivity index is -0.0000000501. The maximum absolute atomic E-state index is 9.49. The van der Waals surface area contributed by atoms with Gasteiger partial charge in [0.1, 0.15) is 0 Å². The van der Waals surface area contributed by atoms with Crippen molar-refractivity contribution in [2.24, 2.45) is 0 Å². The van der Waals surface area contributed by atoms with Crippen molar-refractivity contribution in [3.05, 3.63) is 12.2 Å². The molecule has 0 saturated carbocycles. The Morgan fingerprint density at radius 2 is 1.38 bits per heavy atom. The average molecular weight is 213 g/mol. The van der Waals surface area contributed by atoms with Crippen molar-refractivity contribution in [3.63, 3.8) is 0 Å². The summed E-state index contributed by atoms with van der Waals surface area (Å²) in [5.41, 5.74) is 7.04. The van der Waals surface area contributed by atoms with Gasteiger partial charge in [0, 0.05) is 0 Å². The van der Waals surface area contributed by atoms with Crippen LogP contribution in [0.4, 0.5) is 0 Å². The SMILES string of the molecule is C=C(C)C(=O)[O-].CC[NH3+].CC[NH3+].[Cl-]. The van der Waals surface area contributed by atoms with Gasteiger partial charge in [-0.15, -0.1) is 0 Å². The molecule has 0 aliphatic rings. The highest BCUT2D eigenvalue weighted by atomic mass is 35.5. The van der Waals surface area contributed by atoms with Gasteiger partial charge in [0.25, 0.3) is 0 Å². The zero-order valence-corrected chi connectivity index (χ0v) is 9.49. The van der Waals surface area contributed by atoms with Crippen LogP contribution >= 0.6 is 0 Å². The van der Waals surface area contributed by atoms with Crippen LogP contribution in [0.2, 0.25) is 0 Å². The predicted octanol–water partition coefficient (Wildman–Crippen LogP) is -5.19. The van der Waals surface area contributed by atoms with E-state index in [0.29, 0.717) is 0 Å². The predicted molar refractivity (Wildman–Crippen MR) is 46.7 cm³/mol. The first-order valence-electron chi connectivity index (χ1n) is 3.93. The van der Waals surface area contributed by atoms with Crippen molar-refractivity contribution in [2.75, 3.05) is 13.1 Å². The molecule has 82 valence electrons. The molecule has 0 amide bonds. The Morgan fingerprint density at radius 3 is 1.38 bits per heavy atom. The van der Waals surface area contributed by atoms with Gasteiger partial charge in [0.2, 0.25) is 0 Å². The summed E-state index contributed by atoms with van der Waals surface area (Å²) in [6.45, 7) is 10.5. The quantitative estimate of drug-likeness (QED) is 0.425. The van der Waals surface area contributed by atoms with E-state index in [1.54, 1.807) is 0 Å². The molecule has 0 atom stereocenters. The number of halogens is 1. The number of quaternary nitrogens is 2. The zero-order valence-electron chi connectivity index (χ0n) is 8.73. The minimum absolute atomic E-state index is 0. The van der Waals surface area contributed by atoms with Gasteiger partial charge in [-0.1, -0.05) is 6.58 Å². The summed E-state index contributed by atoms with van der Waals surface area (Å²) >= 11 is 0. The highest BCUT2D eigenvalue weighted by Crippen LogP contribution is 1.77. The fraction of sp³-hybridized carbons (Fsp3) is 0.625. The van der Waals surface area contributed by atoms with E-state index in [2.05, 4.69) is 18.0 Å². The molecular weight excluding hydrogens is 192 g/mol. The van der Waals surface area contributed by atoms with Gasteiger partial charge < -0.3 is 33.8 Å². The number of hydrogen-bond acceptors (Lipinski definition) is 2. The van der Waals surface area contributed by atoms with E-state index >= 15 is 0 Å². The second-order valence-electron chi connectivity index (χ2n) is 2.07. The van der Waals surface area contributed by atoms with Gasteiger partial charge in [0.05, 0.1) is 19.1 Å². The summed E-state index contributed by atoms with van der Waals surface area (Å²) in [6, 6.07) is 0. The molecule has 0 aliphatic heterocycles. The van der Waals surface area contributed by atoms with Crippen molar-refractivity contribution >= 4 is 5.97 Å². The van der Waals surface area contributed by atoms with Gasteiger partial charge >= 0.3 is 0 Å². The lowest BCUT2D eigenvalue weighted by Gasteiger charge is -1.93. The third-order valence-corrected chi connectivity index (χ3v) is 0.348. The van der Waals surface area contributed by atoms with Gasteiger partial charge in [-0.3, -0.25) is 0 Å². The van der Waals surface area contributed by atoms with Crippen LogP contribution in [0.5, 0.6) is 0 Å². The number of aliphatic carboxylic acids is 1. The third kappa shape index (κ3) is 86.6.